The first-order valence-electron chi connectivity index (χ1n) is 22.6. The number of benzene rings is 3. The van der Waals surface area contributed by atoms with Crippen LogP contribution in [0.2, 0.25) is 5.02 Å². The summed E-state index contributed by atoms with van der Waals surface area (Å²) in [6.45, 7) is 15.3. The number of likely N-dealkylation sites (tertiary alicyclic amines) is 1. The standard InChI is InChI=1S/C49H56ClN7O9S2/c1-6-55-30(3)57(39-15-16-41(59)53-46(39)60)38-14-13-33(25-40(38)55)32-17-20-54(21-18-32)48(63)52-35-11-7-9-31(23-35)28-68(64,65)56-22-19-37(26-49(56,4)5)51-36-12-8-10-34(24-36)44-42(50)43(66-27-29(2)58)45(67-44)47(61)62/h7-14,23-25,32,37,39,51,58H,2-3,6,15-22,26-28H2,1,4-5H3,(H,52,63)(H,61,62)(H,53,59,60)/t37-,39?/m0/s1. The molecule has 1 aromatic heterocycles. The maximum atomic E-state index is 14.1. The van der Waals surface area contributed by atoms with Gasteiger partial charge in [-0.05, 0) is 112 Å². The van der Waals surface area contributed by atoms with Gasteiger partial charge in [0.05, 0.1) is 22.0 Å². The molecule has 5 N–H and O–H groups in total. The summed E-state index contributed by atoms with van der Waals surface area (Å²) < 4.78 is 35.2. The zero-order valence-corrected chi connectivity index (χ0v) is 40.6. The maximum absolute atomic E-state index is 14.1. The number of imide groups is 1. The number of fused-ring (bicyclic) bond motifs is 1. The minimum absolute atomic E-state index is 0.0414. The lowest BCUT2D eigenvalue weighted by atomic mass is 9.89. The molecule has 16 nitrogen and oxygen atoms in total. The van der Waals surface area contributed by atoms with E-state index in [1.807, 2.05) is 56.0 Å². The third-order valence-electron chi connectivity index (χ3n) is 13.1. The second-order valence-corrected chi connectivity index (χ2v) is 21.5. The number of carbonyl (C=O) groups excluding carboxylic acids is 3. The number of halogens is 1. The fourth-order valence-electron chi connectivity index (χ4n) is 9.91. The Kier molecular flexibility index (Phi) is 13.9. The smallest absolute Gasteiger partial charge is 0.349 e. The number of anilines is 4. The van der Waals surface area contributed by atoms with Crippen LogP contribution in [0.4, 0.5) is 27.5 Å². The van der Waals surface area contributed by atoms with Crippen LogP contribution in [-0.4, -0.2) is 102 Å². The van der Waals surface area contributed by atoms with Crippen molar-refractivity contribution >= 4 is 79.5 Å². The number of amides is 4. The lowest BCUT2D eigenvalue weighted by Crippen LogP contribution is -2.55. The van der Waals surface area contributed by atoms with Crippen LogP contribution in [0.1, 0.15) is 86.0 Å². The van der Waals surface area contributed by atoms with Crippen molar-refractivity contribution in [2.24, 2.45) is 0 Å². The zero-order valence-electron chi connectivity index (χ0n) is 38.2. The Morgan fingerprint density at radius 3 is 2.40 bits per heavy atom. The molecule has 4 aromatic rings. The largest absolute Gasteiger partial charge is 0.509 e. The van der Waals surface area contributed by atoms with Crippen molar-refractivity contribution in [3.8, 4) is 16.2 Å². The topological polar surface area (TPSA) is 201 Å². The highest BCUT2D eigenvalue weighted by atomic mass is 35.5. The first-order valence-corrected chi connectivity index (χ1v) is 25.4. The third-order valence-corrected chi connectivity index (χ3v) is 16.8. The highest BCUT2D eigenvalue weighted by Crippen LogP contribution is 2.47. The molecule has 0 aliphatic carbocycles. The minimum Gasteiger partial charge on any atom is -0.509 e. The van der Waals surface area contributed by atoms with Gasteiger partial charge in [0, 0.05) is 55.6 Å². The number of aliphatic hydroxyl groups is 1. The van der Waals surface area contributed by atoms with E-state index in [9.17, 15) is 37.8 Å². The number of carbonyl (C=O) groups is 4. The van der Waals surface area contributed by atoms with Crippen molar-refractivity contribution in [3.63, 3.8) is 0 Å². The predicted octanol–water partition coefficient (Wildman–Crippen LogP) is 8.74. The van der Waals surface area contributed by atoms with Gasteiger partial charge in [0.25, 0.3) is 0 Å². The number of nitrogens with one attached hydrogen (secondary N) is 3. The quantitative estimate of drug-likeness (QED) is 0.0595. The first kappa shape index (κ1) is 48.4. The molecule has 4 aliphatic heterocycles. The van der Waals surface area contributed by atoms with Gasteiger partial charge in [-0.25, -0.2) is 18.0 Å². The monoisotopic (exact) mass is 985 g/mol. The molecule has 0 saturated carbocycles. The van der Waals surface area contributed by atoms with Crippen molar-refractivity contribution in [2.75, 3.05) is 53.2 Å². The third kappa shape index (κ3) is 10.0. The molecule has 68 heavy (non-hydrogen) atoms. The maximum Gasteiger partial charge on any atom is 0.349 e. The Labute approximate surface area is 405 Å². The number of urea groups is 1. The molecular weight excluding hydrogens is 930 g/mol. The SMILES string of the molecule is C=C(O)COc1c(C(=O)O)sc(-c2cccc(N[C@H]3CCN(S(=O)(=O)Cc4cccc(NC(=O)N5CCC(c6ccc7c(c6)N(CC)C(=C)N7C6CCC(=O)NC6=O)CC5)c4)C(C)(C)C3)c2)c1Cl. The molecule has 0 radical (unpaired) electrons. The Hall–Kier alpha value is -6.08. The van der Waals surface area contributed by atoms with E-state index in [0.717, 1.165) is 46.8 Å². The van der Waals surface area contributed by atoms with E-state index in [1.165, 1.54) is 0 Å². The highest BCUT2D eigenvalue weighted by molar-refractivity contribution is 7.88. The Bertz CT molecular complexity index is 2790. The van der Waals surface area contributed by atoms with Crippen LogP contribution in [0.3, 0.4) is 0 Å². The molecule has 0 spiro atoms. The van der Waals surface area contributed by atoms with E-state index in [0.29, 0.717) is 66.4 Å². The number of rotatable bonds is 14. The number of carboxylic acids is 1. The van der Waals surface area contributed by atoms with Crippen molar-refractivity contribution in [3.05, 3.63) is 112 Å². The number of aliphatic hydroxyl groups excluding tert-OH is 1. The lowest BCUT2D eigenvalue weighted by Gasteiger charge is -2.45. The molecule has 4 aliphatic rings. The van der Waals surface area contributed by atoms with Gasteiger partial charge in [-0.1, -0.05) is 55.1 Å². The molecular formula is C49H56ClN7O9S2. The molecule has 19 heteroatoms. The van der Waals surface area contributed by atoms with Crippen LogP contribution in [-0.2, 0) is 25.4 Å². The van der Waals surface area contributed by atoms with E-state index < -0.39 is 27.6 Å². The molecule has 5 heterocycles. The molecule has 2 atom stereocenters. The fourth-order valence-corrected chi connectivity index (χ4v) is 13.3. The van der Waals surface area contributed by atoms with Crippen molar-refractivity contribution in [1.82, 2.24) is 14.5 Å². The summed E-state index contributed by atoms with van der Waals surface area (Å²) in [5.41, 5.74) is 4.76. The van der Waals surface area contributed by atoms with Crippen LogP contribution in [0.15, 0.2) is 91.5 Å². The van der Waals surface area contributed by atoms with E-state index >= 15 is 0 Å². The van der Waals surface area contributed by atoms with Gasteiger partial charge in [0.2, 0.25) is 21.8 Å². The zero-order chi connectivity index (χ0) is 48.7. The number of ether oxygens (including phenoxy) is 1. The normalized spacial score (nSPS) is 19.9. The second-order valence-electron chi connectivity index (χ2n) is 18.3. The summed E-state index contributed by atoms with van der Waals surface area (Å²) in [6.07, 6.45) is 3.25. The number of carboxylic acid groups (broad SMARTS) is 1. The van der Waals surface area contributed by atoms with E-state index in [2.05, 4.69) is 46.1 Å². The highest BCUT2D eigenvalue weighted by Gasteiger charge is 2.43. The van der Waals surface area contributed by atoms with Crippen LogP contribution >= 0.6 is 22.9 Å². The van der Waals surface area contributed by atoms with Crippen LogP contribution < -0.4 is 30.5 Å². The van der Waals surface area contributed by atoms with E-state index in [-0.39, 0.29) is 76.5 Å². The Morgan fingerprint density at radius 2 is 1.71 bits per heavy atom. The average molecular weight is 987 g/mol. The summed E-state index contributed by atoms with van der Waals surface area (Å²) in [4.78, 5) is 56.4. The molecule has 360 valence electrons. The second kappa shape index (κ2) is 19.5. The Morgan fingerprint density at radius 1 is 0.971 bits per heavy atom. The number of hydrogen-bond acceptors (Lipinski definition) is 12. The fraction of sp³-hybridized carbons (Fsp3) is 0.388. The van der Waals surface area contributed by atoms with E-state index in [4.69, 9.17) is 16.3 Å². The van der Waals surface area contributed by atoms with Gasteiger partial charge < -0.3 is 40.3 Å². The predicted molar refractivity (Wildman–Crippen MR) is 265 cm³/mol. The molecule has 8 rings (SSSR count). The molecule has 3 fully saturated rings. The number of aromatic carboxylic acids is 1. The molecule has 0 bridgehead atoms. The van der Waals surface area contributed by atoms with Gasteiger partial charge in [0.15, 0.2) is 10.6 Å². The number of sulfonamides is 1. The average Bonchev–Trinajstić information content (AvgIpc) is 3.77. The molecule has 1 unspecified atom stereocenters. The summed E-state index contributed by atoms with van der Waals surface area (Å²) in [5.74, 6) is -1.42. The van der Waals surface area contributed by atoms with Gasteiger partial charge >= 0.3 is 12.0 Å². The number of piperidine rings is 3. The number of thiophene rings is 1. The Balaban J connectivity index is 0.854. The van der Waals surface area contributed by atoms with Crippen LogP contribution in [0, 0.1) is 0 Å². The lowest BCUT2D eigenvalue weighted by molar-refractivity contribution is -0.134. The number of hydrogen-bond donors (Lipinski definition) is 5. The summed E-state index contributed by atoms with van der Waals surface area (Å²) in [6, 6.07) is 19.8. The summed E-state index contributed by atoms with van der Waals surface area (Å²) in [5, 5.41) is 28.4. The molecule has 3 saturated heterocycles. The van der Waals surface area contributed by atoms with Crippen LogP contribution in [0.25, 0.3) is 10.4 Å². The van der Waals surface area contributed by atoms with Gasteiger partial charge in [-0.3, -0.25) is 14.9 Å². The van der Waals surface area contributed by atoms with Gasteiger partial charge in [-0.15, -0.1) is 11.3 Å². The summed E-state index contributed by atoms with van der Waals surface area (Å²) in [7, 11) is -3.78. The van der Waals surface area contributed by atoms with Gasteiger partial charge in [0.1, 0.15) is 29.3 Å². The summed E-state index contributed by atoms with van der Waals surface area (Å²) >= 11 is 7.58. The number of nitrogens with zero attached hydrogens (tertiary/aromatic N) is 4. The van der Waals surface area contributed by atoms with Gasteiger partial charge in [-0.2, -0.15) is 4.31 Å². The molecule has 3 aromatic carbocycles. The van der Waals surface area contributed by atoms with E-state index in [1.54, 1.807) is 33.5 Å². The van der Waals surface area contributed by atoms with Crippen molar-refractivity contribution in [2.45, 2.75) is 88.6 Å². The first-order chi connectivity index (χ1) is 32.3. The molecule has 4 amide bonds. The van der Waals surface area contributed by atoms with Crippen molar-refractivity contribution < 1.29 is 42.5 Å². The van der Waals surface area contributed by atoms with Crippen LogP contribution in [0.5, 0.6) is 5.75 Å². The minimum atomic E-state index is -3.78. The van der Waals surface area contributed by atoms with Crippen molar-refractivity contribution in [1.29, 1.82) is 0 Å².